The van der Waals surface area contributed by atoms with Gasteiger partial charge in [-0.25, -0.2) is 4.39 Å². The van der Waals surface area contributed by atoms with Gasteiger partial charge in [0.05, 0.1) is 0 Å². The first-order chi connectivity index (χ1) is 11.8. The normalized spacial score (nSPS) is 23.3. The Morgan fingerprint density at radius 1 is 1.08 bits per heavy atom. The molecule has 25 heavy (non-hydrogen) atoms. The average molecular weight is 357 g/mol. The van der Waals surface area contributed by atoms with Gasteiger partial charge < -0.3 is 4.43 Å². The lowest BCUT2D eigenvalue weighted by atomic mass is 10.2. The molecule has 2 aromatic carbocycles. The van der Waals surface area contributed by atoms with E-state index in [0.717, 1.165) is 0 Å². The number of hydrogen-bond donors (Lipinski definition) is 0. The van der Waals surface area contributed by atoms with Crippen LogP contribution < -0.4 is 10.4 Å². The van der Waals surface area contributed by atoms with Crippen LogP contribution in [0.3, 0.4) is 0 Å². The van der Waals surface area contributed by atoms with Gasteiger partial charge in [0.25, 0.3) is 8.32 Å². The highest BCUT2D eigenvalue weighted by Gasteiger charge is 2.58. The van der Waals surface area contributed by atoms with Crippen LogP contribution in [0.25, 0.3) is 0 Å². The maximum absolute atomic E-state index is 14.1. The SMILES string of the molecule is CC(C)(C)[Si](OC[C@@H]1C[C@@]1(F)C=O)(c1ccccc1)c1ccccc1. The zero-order valence-corrected chi connectivity index (χ0v) is 16.0. The molecule has 2 nitrogen and oxygen atoms in total. The second-order valence-corrected chi connectivity index (χ2v) is 12.2. The smallest absolute Gasteiger partial charge is 0.261 e. The van der Waals surface area contributed by atoms with E-state index < -0.39 is 14.0 Å². The van der Waals surface area contributed by atoms with E-state index >= 15 is 0 Å². The molecule has 132 valence electrons. The number of rotatable bonds is 6. The minimum absolute atomic E-state index is 0.134. The Morgan fingerprint density at radius 2 is 1.56 bits per heavy atom. The number of carbonyl (C=O) groups is 1. The van der Waals surface area contributed by atoms with E-state index in [9.17, 15) is 9.18 Å². The molecule has 2 atom stereocenters. The predicted octanol–water partition coefficient (Wildman–Crippen LogP) is 3.49. The zero-order valence-electron chi connectivity index (χ0n) is 15.0. The van der Waals surface area contributed by atoms with Crippen molar-refractivity contribution in [2.75, 3.05) is 6.61 Å². The van der Waals surface area contributed by atoms with Gasteiger partial charge >= 0.3 is 0 Å². The minimum Gasteiger partial charge on any atom is -0.407 e. The Balaban J connectivity index is 2.05. The second kappa shape index (κ2) is 6.50. The summed E-state index contributed by atoms with van der Waals surface area (Å²) in [5, 5.41) is 2.21. The van der Waals surface area contributed by atoms with Crippen molar-refractivity contribution in [3.63, 3.8) is 0 Å². The van der Waals surface area contributed by atoms with E-state index in [1.165, 1.54) is 10.4 Å². The number of alkyl halides is 1. The molecule has 0 spiro atoms. The van der Waals surface area contributed by atoms with Crippen molar-refractivity contribution in [2.45, 2.75) is 37.9 Å². The Morgan fingerprint density at radius 3 is 1.92 bits per heavy atom. The van der Waals surface area contributed by atoms with Crippen LogP contribution in [-0.4, -0.2) is 26.9 Å². The van der Waals surface area contributed by atoms with Crippen molar-refractivity contribution >= 4 is 25.0 Å². The molecule has 0 unspecified atom stereocenters. The van der Waals surface area contributed by atoms with Gasteiger partial charge in [0, 0.05) is 12.5 Å². The third-order valence-electron chi connectivity index (χ3n) is 5.19. The third-order valence-corrected chi connectivity index (χ3v) is 10.2. The fourth-order valence-electron chi connectivity index (χ4n) is 3.65. The van der Waals surface area contributed by atoms with Crippen LogP contribution in [-0.2, 0) is 9.22 Å². The van der Waals surface area contributed by atoms with Crippen LogP contribution in [0.2, 0.25) is 5.04 Å². The molecule has 3 rings (SSSR count). The van der Waals surface area contributed by atoms with Crippen molar-refractivity contribution in [2.24, 2.45) is 5.92 Å². The molecule has 1 fully saturated rings. The topological polar surface area (TPSA) is 26.3 Å². The molecular formula is C21H25FO2Si. The van der Waals surface area contributed by atoms with E-state index in [4.69, 9.17) is 4.43 Å². The Bertz CT molecular complexity index is 687. The van der Waals surface area contributed by atoms with Crippen molar-refractivity contribution in [1.29, 1.82) is 0 Å². The van der Waals surface area contributed by atoms with Crippen molar-refractivity contribution in [1.82, 2.24) is 0 Å². The van der Waals surface area contributed by atoms with Gasteiger partial charge in [-0.05, 0) is 21.8 Å². The standard InChI is InChI=1S/C21H25FO2Si/c1-20(2,3)25(18-10-6-4-7-11-18,19-12-8-5-9-13-19)24-15-17-14-21(17,22)16-23/h4-13,16-17H,14-15H2,1-3H3/t17-,21+/m0/s1. The summed E-state index contributed by atoms with van der Waals surface area (Å²) in [6.07, 6.45) is 0.709. The van der Waals surface area contributed by atoms with Crippen LogP contribution in [0.1, 0.15) is 27.2 Å². The molecule has 1 aliphatic carbocycles. The summed E-state index contributed by atoms with van der Waals surface area (Å²) in [7, 11) is -2.63. The first-order valence-electron chi connectivity index (χ1n) is 8.74. The monoisotopic (exact) mass is 356 g/mol. The van der Waals surface area contributed by atoms with Gasteiger partial charge in [-0.3, -0.25) is 4.79 Å². The maximum atomic E-state index is 14.1. The molecule has 4 heteroatoms. The Kier molecular flexibility index (Phi) is 4.69. The second-order valence-electron chi connectivity index (χ2n) is 7.92. The number of benzene rings is 2. The lowest BCUT2D eigenvalue weighted by Crippen LogP contribution is -2.66. The van der Waals surface area contributed by atoms with E-state index in [2.05, 4.69) is 45.0 Å². The molecule has 0 aliphatic heterocycles. The lowest BCUT2D eigenvalue weighted by molar-refractivity contribution is -0.113. The van der Waals surface area contributed by atoms with Crippen molar-refractivity contribution < 1.29 is 13.6 Å². The van der Waals surface area contributed by atoms with Crippen molar-refractivity contribution in [3.05, 3.63) is 60.7 Å². The van der Waals surface area contributed by atoms with Gasteiger partial charge in [0.15, 0.2) is 12.0 Å². The predicted molar refractivity (Wildman–Crippen MR) is 102 cm³/mol. The summed E-state index contributed by atoms with van der Waals surface area (Å²) in [5.74, 6) is -0.327. The quantitative estimate of drug-likeness (QED) is 0.585. The first-order valence-corrected chi connectivity index (χ1v) is 10.6. The number of halogens is 1. The minimum atomic E-state index is -2.63. The molecule has 1 aliphatic rings. The van der Waals surface area contributed by atoms with Crippen LogP contribution in [0, 0.1) is 5.92 Å². The highest BCUT2D eigenvalue weighted by molar-refractivity contribution is 6.99. The number of carbonyl (C=O) groups excluding carboxylic acids is 1. The maximum Gasteiger partial charge on any atom is 0.261 e. The molecule has 0 aromatic heterocycles. The van der Waals surface area contributed by atoms with E-state index in [0.29, 0.717) is 6.29 Å². The van der Waals surface area contributed by atoms with Crippen LogP contribution in [0.4, 0.5) is 4.39 Å². The zero-order chi connectivity index (χ0) is 18.1. The summed E-state index contributed by atoms with van der Waals surface area (Å²) in [6.45, 7) is 6.85. The van der Waals surface area contributed by atoms with E-state index in [-0.39, 0.29) is 24.0 Å². The number of hydrogen-bond acceptors (Lipinski definition) is 2. The van der Waals surface area contributed by atoms with Gasteiger partial charge in [-0.2, -0.15) is 0 Å². The third kappa shape index (κ3) is 3.21. The van der Waals surface area contributed by atoms with E-state index in [1.54, 1.807) is 0 Å². The van der Waals surface area contributed by atoms with Gasteiger partial charge in [0.2, 0.25) is 0 Å². The van der Waals surface area contributed by atoms with Crippen LogP contribution in [0.5, 0.6) is 0 Å². The summed E-state index contributed by atoms with van der Waals surface area (Å²) >= 11 is 0. The van der Waals surface area contributed by atoms with E-state index in [1.807, 2.05) is 36.4 Å². The molecule has 0 radical (unpaired) electrons. The molecule has 0 amide bonds. The average Bonchev–Trinajstić information content (AvgIpc) is 3.27. The Labute approximate surface area is 150 Å². The molecule has 2 aromatic rings. The van der Waals surface area contributed by atoms with Gasteiger partial charge in [-0.15, -0.1) is 0 Å². The fourth-order valence-corrected chi connectivity index (χ4v) is 8.25. The highest BCUT2D eigenvalue weighted by atomic mass is 28.4. The highest BCUT2D eigenvalue weighted by Crippen LogP contribution is 2.47. The molecule has 0 saturated heterocycles. The molecule has 0 N–H and O–H groups in total. The summed E-state index contributed by atoms with van der Waals surface area (Å²) in [5.41, 5.74) is -1.69. The molecule has 1 saturated carbocycles. The van der Waals surface area contributed by atoms with Gasteiger partial charge in [-0.1, -0.05) is 81.4 Å². The lowest BCUT2D eigenvalue weighted by Gasteiger charge is -2.43. The molecule has 0 bridgehead atoms. The van der Waals surface area contributed by atoms with Crippen LogP contribution >= 0.6 is 0 Å². The largest absolute Gasteiger partial charge is 0.407 e. The first kappa shape index (κ1) is 18.0. The fraction of sp³-hybridized carbons (Fsp3) is 0.381. The van der Waals surface area contributed by atoms with Gasteiger partial charge in [0.1, 0.15) is 0 Å². The van der Waals surface area contributed by atoms with Crippen LogP contribution in [0.15, 0.2) is 60.7 Å². The Hall–Kier alpha value is -1.78. The number of aldehydes is 1. The summed E-state index contributed by atoms with van der Waals surface area (Å²) in [6, 6.07) is 20.5. The molecule has 0 heterocycles. The van der Waals surface area contributed by atoms with Crippen molar-refractivity contribution in [3.8, 4) is 0 Å². The summed E-state index contributed by atoms with van der Waals surface area (Å²) < 4.78 is 20.8. The summed E-state index contributed by atoms with van der Waals surface area (Å²) in [4.78, 5) is 10.9. The molecular weight excluding hydrogens is 331 g/mol.